The third-order valence-corrected chi connectivity index (χ3v) is 6.36. The van der Waals surface area contributed by atoms with Gasteiger partial charge in [0, 0.05) is 0 Å². The van der Waals surface area contributed by atoms with Gasteiger partial charge in [-0.2, -0.15) is 5.01 Å². The number of nitrogens with one attached hydrogen (secondary N) is 2. The number of rotatable bonds is 6. The standard InChI is InChI=1S/C20H24Cl2N4O5/c1-25(16(17(28)31-2)12-6-7-13(21)14(22)10-12)11-15(27)24-26-18(29)20(23-19(26)30)8-4-3-5-9-20/h6-7,10,16H,3-5,8-9,11H2,1-2H3,(H,23,30)(H,24,27)/t16-/m1/s1. The van der Waals surface area contributed by atoms with Gasteiger partial charge in [-0.1, -0.05) is 48.5 Å². The molecule has 1 spiro atoms. The summed E-state index contributed by atoms with van der Waals surface area (Å²) in [5, 5.41) is 4.03. The van der Waals surface area contributed by atoms with Gasteiger partial charge in [0.05, 0.1) is 23.7 Å². The van der Waals surface area contributed by atoms with E-state index in [0.29, 0.717) is 23.4 Å². The number of carbonyl (C=O) groups excluding carboxylic acids is 4. The first-order valence-corrected chi connectivity index (χ1v) is 10.6. The molecule has 2 N–H and O–H groups in total. The minimum Gasteiger partial charge on any atom is -0.468 e. The van der Waals surface area contributed by atoms with Gasteiger partial charge in [-0.15, -0.1) is 0 Å². The highest BCUT2D eigenvalue weighted by atomic mass is 35.5. The second kappa shape index (κ2) is 9.42. The van der Waals surface area contributed by atoms with E-state index in [9.17, 15) is 19.2 Å². The zero-order valence-corrected chi connectivity index (χ0v) is 18.8. The molecule has 3 rings (SSSR count). The van der Waals surface area contributed by atoms with Crippen LogP contribution in [0.4, 0.5) is 4.79 Å². The van der Waals surface area contributed by atoms with Crippen LogP contribution in [0.25, 0.3) is 0 Å². The summed E-state index contributed by atoms with van der Waals surface area (Å²) in [6.07, 6.45) is 3.77. The zero-order valence-electron chi connectivity index (χ0n) is 17.2. The van der Waals surface area contributed by atoms with Crippen LogP contribution in [0.2, 0.25) is 10.0 Å². The highest BCUT2D eigenvalue weighted by molar-refractivity contribution is 6.42. The van der Waals surface area contributed by atoms with Crippen LogP contribution in [0.1, 0.15) is 43.7 Å². The summed E-state index contributed by atoms with van der Waals surface area (Å²) in [5.41, 5.74) is 1.89. The van der Waals surface area contributed by atoms with E-state index in [2.05, 4.69) is 10.7 Å². The molecule has 0 bridgehead atoms. The number of halogens is 2. The first kappa shape index (κ1) is 23.3. The van der Waals surface area contributed by atoms with Crippen LogP contribution in [0, 0.1) is 0 Å². The second-order valence-corrected chi connectivity index (χ2v) is 8.58. The Morgan fingerprint density at radius 1 is 1.23 bits per heavy atom. The van der Waals surface area contributed by atoms with Crippen LogP contribution >= 0.6 is 23.2 Å². The van der Waals surface area contributed by atoms with E-state index >= 15 is 0 Å². The first-order chi connectivity index (χ1) is 14.7. The Morgan fingerprint density at radius 2 is 1.90 bits per heavy atom. The number of hydrogen-bond donors (Lipinski definition) is 2. The largest absolute Gasteiger partial charge is 0.468 e. The number of nitrogens with zero attached hydrogens (tertiary/aromatic N) is 2. The topological polar surface area (TPSA) is 108 Å². The molecule has 1 heterocycles. The molecule has 168 valence electrons. The van der Waals surface area contributed by atoms with E-state index in [-0.39, 0.29) is 11.6 Å². The van der Waals surface area contributed by atoms with E-state index in [1.54, 1.807) is 12.1 Å². The molecule has 9 nitrogen and oxygen atoms in total. The van der Waals surface area contributed by atoms with Crippen molar-refractivity contribution >= 4 is 47.0 Å². The van der Waals surface area contributed by atoms with Gasteiger partial charge in [-0.25, -0.2) is 9.59 Å². The fraction of sp³-hybridized carbons (Fsp3) is 0.500. The number of likely N-dealkylation sites (N-methyl/N-ethyl adjacent to an activating group) is 1. The molecule has 0 unspecified atom stereocenters. The van der Waals surface area contributed by atoms with Crippen LogP contribution in [0.5, 0.6) is 0 Å². The van der Waals surface area contributed by atoms with Crippen LogP contribution in [-0.2, 0) is 19.1 Å². The summed E-state index contributed by atoms with van der Waals surface area (Å²) in [7, 11) is 2.77. The van der Waals surface area contributed by atoms with Gasteiger partial charge in [0.15, 0.2) is 0 Å². The molecule has 0 aromatic heterocycles. The Bertz CT molecular complexity index is 904. The van der Waals surface area contributed by atoms with Gasteiger partial charge < -0.3 is 10.1 Å². The minimum atomic E-state index is -0.946. The van der Waals surface area contributed by atoms with Crippen molar-refractivity contribution in [2.45, 2.75) is 43.7 Å². The van der Waals surface area contributed by atoms with Crippen molar-refractivity contribution in [3.63, 3.8) is 0 Å². The zero-order chi connectivity index (χ0) is 22.8. The van der Waals surface area contributed by atoms with Crippen molar-refractivity contribution in [2.75, 3.05) is 20.7 Å². The highest BCUT2D eigenvalue weighted by Gasteiger charge is 2.52. The number of hydrogen-bond acceptors (Lipinski definition) is 6. The van der Waals surface area contributed by atoms with Gasteiger partial charge in [-0.05, 0) is 37.6 Å². The van der Waals surface area contributed by atoms with Crippen LogP contribution in [0.3, 0.4) is 0 Å². The van der Waals surface area contributed by atoms with Gasteiger partial charge in [0.25, 0.3) is 11.8 Å². The predicted octanol–water partition coefficient (Wildman–Crippen LogP) is 2.43. The van der Waals surface area contributed by atoms with Crippen molar-refractivity contribution in [3.8, 4) is 0 Å². The minimum absolute atomic E-state index is 0.253. The number of carbonyl (C=O) groups is 4. The predicted molar refractivity (Wildman–Crippen MR) is 113 cm³/mol. The average molecular weight is 471 g/mol. The number of imide groups is 1. The summed E-state index contributed by atoms with van der Waals surface area (Å²) < 4.78 is 4.87. The van der Waals surface area contributed by atoms with Gasteiger partial charge in [0.2, 0.25) is 0 Å². The number of esters is 1. The average Bonchev–Trinajstić information content (AvgIpc) is 2.95. The molecule has 1 saturated heterocycles. The van der Waals surface area contributed by atoms with Gasteiger partial charge >= 0.3 is 12.0 Å². The van der Waals surface area contributed by atoms with Crippen molar-refractivity contribution in [1.29, 1.82) is 0 Å². The van der Waals surface area contributed by atoms with Crippen molar-refractivity contribution in [1.82, 2.24) is 20.7 Å². The molecule has 2 aliphatic rings. The van der Waals surface area contributed by atoms with Gasteiger partial charge in [0.1, 0.15) is 11.6 Å². The number of benzene rings is 1. The number of hydrazine groups is 1. The third-order valence-electron chi connectivity index (χ3n) is 5.62. The van der Waals surface area contributed by atoms with E-state index < -0.39 is 35.4 Å². The maximum Gasteiger partial charge on any atom is 0.344 e. The SMILES string of the molecule is COC(=O)[C@@H](c1ccc(Cl)c(Cl)c1)N(C)CC(=O)NN1C(=O)NC2(CCCCC2)C1=O. The van der Waals surface area contributed by atoms with Crippen LogP contribution in [0.15, 0.2) is 18.2 Å². The molecule has 2 fully saturated rings. The third kappa shape index (κ3) is 4.78. The number of ether oxygens (including phenoxy) is 1. The summed E-state index contributed by atoms with van der Waals surface area (Å²) in [6, 6.07) is 3.06. The molecule has 1 aliphatic heterocycles. The van der Waals surface area contributed by atoms with E-state index in [1.165, 1.54) is 25.1 Å². The second-order valence-electron chi connectivity index (χ2n) is 7.76. The quantitative estimate of drug-likeness (QED) is 0.488. The maximum absolute atomic E-state index is 12.8. The van der Waals surface area contributed by atoms with Crippen molar-refractivity contribution in [3.05, 3.63) is 33.8 Å². The summed E-state index contributed by atoms with van der Waals surface area (Å²) >= 11 is 12.0. The molecule has 1 aliphatic carbocycles. The lowest BCUT2D eigenvalue weighted by molar-refractivity contribution is -0.148. The molecular weight excluding hydrogens is 447 g/mol. The Labute approximate surface area is 189 Å². The fourth-order valence-electron chi connectivity index (χ4n) is 4.06. The Balaban J connectivity index is 1.70. The van der Waals surface area contributed by atoms with Crippen LogP contribution in [-0.4, -0.2) is 60.0 Å². The lowest BCUT2D eigenvalue weighted by Crippen LogP contribution is -2.52. The lowest BCUT2D eigenvalue weighted by Gasteiger charge is -2.30. The Hall–Kier alpha value is -2.36. The van der Waals surface area contributed by atoms with Gasteiger partial charge in [-0.3, -0.25) is 19.9 Å². The maximum atomic E-state index is 12.8. The smallest absolute Gasteiger partial charge is 0.344 e. The molecule has 0 radical (unpaired) electrons. The molecule has 1 aromatic carbocycles. The molecule has 4 amide bonds. The lowest BCUT2D eigenvalue weighted by atomic mass is 9.82. The normalized spacial score (nSPS) is 18.8. The summed E-state index contributed by atoms with van der Waals surface area (Å²) in [5.74, 6) is -1.69. The highest BCUT2D eigenvalue weighted by Crippen LogP contribution is 2.33. The molecule has 1 aromatic rings. The number of amides is 4. The first-order valence-electron chi connectivity index (χ1n) is 9.88. The Morgan fingerprint density at radius 3 is 2.52 bits per heavy atom. The van der Waals surface area contributed by atoms with E-state index in [0.717, 1.165) is 24.3 Å². The van der Waals surface area contributed by atoms with E-state index in [4.69, 9.17) is 27.9 Å². The molecule has 1 saturated carbocycles. The monoisotopic (exact) mass is 470 g/mol. The van der Waals surface area contributed by atoms with E-state index in [1.807, 2.05) is 0 Å². The molecule has 1 atom stereocenters. The number of methoxy groups -OCH3 is 1. The summed E-state index contributed by atoms with van der Waals surface area (Å²) in [6.45, 7) is -0.288. The van der Waals surface area contributed by atoms with Crippen molar-refractivity contribution in [2.24, 2.45) is 0 Å². The Kier molecular flexibility index (Phi) is 7.08. The molecule has 11 heteroatoms. The van der Waals surface area contributed by atoms with Crippen molar-refractivity contribution < 1.29 is 23.9 Å². The molecular formula is C20H24Cl2N4O5. The van der Waals surface area contributed by atoms with Crippen LogP contribution < -0.4 is 10.7 Å². The number of urea groups is 1. The summed E-state index contributed by atoms with van der Waals surface area (Å²) in [4.78, 5) is 51.6. The fourth-order valence-corrected chi connectivity index (χ4v) is 4.37. The molecule has 31 heavy (non-hydrogen) atoms.